The number of hydrogen-bond donors (Lipinski definition) is 3. The van der Waals surface area contributed by atoms with E-state index in [0.717, 1.165) is 11.3 Å². The Labute approximate surface area is 146 Å². The Morgan fingerprint density at radius 2 is 2.36 bits per heavy atom. The van der Waals surface area contributed by atoms with Crippen LogP contribution in [-0.4, -0.2) is 53.7 Å². The number of hydrogen-bond acceptors (Lipinski definition) is 7. The van der Waals surface area contributed by atoms with Crippen molar-refractivity contribution in [3.63, 3.8) is 0 Å². The van der Waals surface area contributed by atoms with Gasteiger partial charge in [0.15, 0.2) is 0 Å². The molecule has 2 atom stereocenters. The number of thiophene rings is 1. The van der Waals surface area contributed by atoms with Crippen molar-refractivity contribution in [1.29, 1.82) is 0 Å². The zero-order valence-electron chi connectivity index (χ0n) is 13.5. The summed E-state index contributed by atoms with van der Waals surface area (Å²) in [4.78, 5) is 43.0. The van der Waals surface area contributed by atoms with Crippen LogP contribution in [-0.2, 0) is 14.3 Å². The molecule has 1 aliphatic rings. The predicted octanol–water partition coefficient (Wildman–Crippen LogP) is -0.318. The van der Waals surface area contributed by atoms with Crippen molar-refractivity contribution in [2.24, 2.45) is 5.73 Å². The van der Waals surface area contributed by atoms with Gasteiger partial charge in [-0.1, -0.05) is 0 Å². The second-order valence-electron chi connectivity index (χ2n) is 5.73. The summed E-state index contributed by atoms with van der Waals surface area (Å²) in [5, 5.41) is 3.28. The van der Waals surface area contributed by atoms with E-state index in [9.17, 15) is 14.4 Å². The zero-order chi connectivity index (χ0) is 18.0. The van der Waals surface area contributed by atoms with E-state index in [2.05, 4.69) is 15.3 Å². The standard InChI is InChI=1S/C15H18N4O5S/c1-7-11-13(21)17-6-18-15(11)25-12(7)14(22)19-8-4-23-3-2-9(8)24-5-10(16)20/h6,8-9H,2-5H2,1H3,(H2,16,20)(H,19,22)(H,17,18,21)/t8-,9+/m1/s1. The number of nitrogens with two attached hydrogens (primary N) is 1. The minimum absolute atomic E-state index is 0.210. The molecule has 10 heteroatoms. The molecular formula is C15H18N4O5S. The number of carbonyl (C=O) groups excluding carboxylic acids is 2. The molecule has 0 radical (unpaired) electrons. The first kappa shape index (κ1) is 17.5. The third-order valence-electron chi connectivity index (χ3n) is 3.99. The lowest BCUT2D eigenvalue weighted by atomic mass is 10.1. The maximum Gasteiger partial charge on any atom is 0.262 e. The van der Waals surface area contributed by atoms with Gasteiger partial charge in [0.05, 0.1) is 35.3 Å². The van der Waals surface area contributed by atoms with Crippen molar-refractivity contribution in [2.75, 3.05) is 19.8 Å². The van der Waals surface area contributed by atoms with Crippen LogP contribution in [0.25, 0.3) is 10.2 Å². The lowest BCUT2D eigenvalue weighted by molar-refractivity contribution is -0.128. The number of aromatic amines is 1. The molecule has 1 aliphatic heterocycles. The molecule has 25 heavy (non-hydrogen) atoms. The highest BCUT2D eigenvalue weighted by atomic mass is 32.1. The van der Waals surface area contributed by atoms with Crippen LogP contribution in [0.2, 0.25) is 0 Å². The third-order valence-corrected chi connectivity index (χ3v) is 5.19. The largest absolute Gasteiger partial charge is 0.379 e. The Morgan fingerprint density at radius 1 is 1.56 bits per heavy atom. The number of rotatable bonds is 5. The van der Waals surface area contributed by atoms with Crippen molar-refractivity contribution in [1.82, 2.24) is 15.3 Å². The summed E-state index contributed by atoms with van der Waals surface area (Å²) in [6, 6.07) is -0.406. The molecule has 4 N–H and O–H groups in total. The first-order valence-electron chi connectivity index (χ1n) is 7.72. The van der Waals surface area contributed by atoms with Crippen molar-refractivity contribution in [2.45, 2.75) is 25.5 Å². The molecule has 0 saturated carbocycles. The monoisotopic (exact) mass is 366 g/mol. The van der Waals surface area contributed by atoms with Gasteiger partial charge in [-0.3, -0.25) is 14.4 Å². The van der Waals surface area contributed by atoms with E-state index in [1.807, 2.05) is 0 Å². The maximum absolute atomic E-state index is 12.7. The van der Waals surface area contributed by atoms with Gasteiger partial charge in [-0.25, -0.2) is 4.98 Å². The minimum Gasteiger partial charge on any atom is -0.379 e. The topological polar surface area (TPSA) is 136 Å². The lowest BCUT2D eigenvalue weighted by Crippen LogP contribution is -2.51. The van der Waals surface area contributed by atoms with E-state index < -0.39 is 11.9 Å². The normalized spacial score (nSPS) is 20.5. The van der Waals surface area contributed by atoms with Gasteiger partial charge in [0.25, 0.3) is 11.5 Å². The summed E-state index contributed by atoms with van der Waals surface area (Å²) in [6.07, 6.45) is 1.50. The number of ether oxygens (including phenoxy) is 2. The Kier molecular flexibility index (Phi) is 5.11. The molecule has 2 aromatic rings. The van der Waals surface area contributed by atoms with Crippen molar-refractivity contribution >= 4 is 33.4 Å². The highest BCUT2D eigenvalue weighted by Crippen LogP contribution is 2.26. The van der Waals surface area contributed by atoms with Crippen LogP contribution in [0.15, 0.2) is 11.1 Å². The van der Waals surface area contributed by atoms with Crippen LogP contribution in [0.4, 0.5) is 0 Å². The zero-order valence-corrected chi connectivity index (χ0v) is 14.4. The Hall–Kier alpha value is -2.30. The molecule has 0 bridgehead atoms. The molecule has 3 rings (SSSR count). The molecule has 3 heterocycles. The lowest BCUT2D eigenvalue weighted by Gasteiger charge is -2.31. The summed E-state index contributed by atoms with van der Waals surface area (Å²) < 4.78 is 10.9. The van der Waals surface area contributed by atoms with Gasteiger partial charge in [-0.05, 0) is 18.9 Å². The summed E-state index contributed by atoms with van der Waals surface area (Å²) in [5.74, 6) is -0.898. The van der Waals surface area contributed by atoms with E-state index in [4.69, 9.17) is 15.2 Å². The average Bonchev–Trinajstić information content (AvgIpc) is 2.92. The molecule has 2 aromatic heterocycles. The molecule has 0 aromatic carbocycles. The number of carbonyl (C=O) groups is 2. The van der Waals surface area contributed by atoms with Crippen molar-refractivity contribution in [3.05, 3.63) is 27.1 Å². The number of nitrogens with zero attached hydrogens (tertiary/aromatic N) is 1. The number of H-pyrrole nitrogens is 1. The molecule has 9 nitrogen and oxygen atoms in total. The van der Waals surface area contributed by atoms with Gasteiger partial charge >= 0.3 is 0 Å². The van der Waals surface area contributed by atoms with E-state index in [1.54, 1.807) is 6.92 Å². The first-order chi connectivity index (χ1) is 12.0. The predicted molar refractivity (Wildman–Crippen MR) is 90.6 cm³/mol. The Balaban J connectivity index is 1.79. The SMILES string of the molecule is Cc1c(C(=O)N[C@@H]2COCC[C@@H]2OCC(N)=O)sc2nc[nH]c(=O)c12. The van der Waals surface area contributed by atoms with E-state index in [1.165, 1.54) is 6.33 Å². The van der Waals surface area contributed by atoms with Gasteiger partial charge in [0.2, 0.25) is 5.91 Å². The highest BCUT2D eigenvalue weighted by Gasteiger charge is 2.30. The third kappa shape index (κ3) is 3.70. The van der Waals surface area contributed by atoms with Crippen LogP contribution in [0.5, 0.6) is 0 Å². The van der Waals surface area contributed by atoms with Crippen LogP contribution < -0.4 is 16.6 Å². The molecule has 1 fully saturated rings. The molecule has 0 spiro atoms. The number of nitrogens with one attached hydrogen (secondary N) is 2. The van der Waals surface area contributed by atoms with Gasteiger partial charge in [0.1, 0.15) is 11.4 Å². The number of primary amides is 1. The van der Waals surface area contributed by atoms with Gasteiger partial charge in [-0.2, -0.15) is 0 Å². The average molecular weight is 366 g/mol. The van der Waals surface area contributed by atoms with Crippen molar-refractivity contribution < 1.29 is 19.1 Å². The van der Waals surface area contributed by atoms with Crippen LogP contribution >= 0.6 is 11.3 Å². The molecule has 0 aliphatic carbocycles. The van der Waals surface area contributed by atoms with Gasteiger partial charge in [0, 0.05) is 6.61 Å². The van der Waals surface area contributed by atoms with Crippen LogP contribution in [0.3, 0.4) is 0 Å². The Bertz CT molecular complexity index is 861. The van der Waals surface area contributed by atoms with Crippen LogP contribution in [0, 0.1) is 6.92 Å². The molecule has 0 unspecified atom stereocenters. The summed E-state index contributed by atoms with van der Waals surface area (Å²) in [6.45, 7) is 2.26. The highest BCUT2D eigenvalue weighted by molar-refractivity contribution is 7.20. The number of aryl methyl sites for hydroxylation is 1. The van der Waals surface area contributed by atoms with Gasteiger partial charge in [-0.15, -0.1) is 11.3 Å². The number of amides is 2. The fourth-order valence-corrected chi connectivity index (χ4v) is 3.82. The summed E-state index contributed by atoms with van der Waals surface area (Å²) in [7, 11) is 0. The fraction of sp³-hybridized carbons (Fsp3) is 0.467. The number of aromatic nitrogens is 2. The fourth-order valence-electron chi connectivity index (χ4n) is 2.77. The van der Waals surface area contributed by atoms with Crippen LogP contribution in [0.1, 0.15) is 21.7 Å². The Morgan fingerprint density at radius 3 is 3.08 bits per heavy atom. The van der Waals surface area contributed by atoms with Gasteiger partial charge < -0.3 is 25.5 Å². The maximum atomic E-state index is 12.7. The first-order valence-corrected chi connectivity index (χ1v) is 8.54. The second-order valence-corrected chi connectivity index (χ2v) is 6.73. The van der Waals surface area contributed by atoms with E-state index >= 15 is 0 Å². The molecule has 2 amide bonds. The summed E-state index contributed by atoms with van der Waals surface area (Å²) in [5.41, 5.74) is 5.41. The number of fused-ring (bicyclic) bond motifs is 1. The van der Waals surface area contributed by atoms with E-state index in [-0.39, 0.29) is 30.8 Å². The minimum atomic E-state index is -0.567. The smallest absolute Gasteiger partial charge is 0.262 e. The molecule has 1 saturated heterocycles. The summed E-state index contributed by atoms with van der Waals surface area (Å²) >= 11 is 1.16. The quantitative estimate of drug-likeness (QED) is 0.663. The van der Waals surface area contributed by atoms with Crippen molar-refractivity contribution in [3.8, 4) is 0 Å². The van der Waals surface area contributed by atoms with E-state index in [0.29, 0.717) is 33.7 Å². The second kappa shape index (κ2) is 7.30. The molecular weight excluding hydrogens is 348 g/mol. The molecule has 134 valence electrons.